The molecule has 5 nitrogen and oxygen atoms in total. The zero-order valence-corrected chi connectivity index (χ0v) is 16.5. The normalized spacial score (nSPS) is 11.3. The van der Waals surface area contributed by atoms with Crippen LogP contribution in [0.1, 0.15) is 11.1 Å². The smallest absolute Gasteiger partial charge is 0.180 e. The molecule has 0 unspecified atom stereocenters. The van der Waals surface area contributed by atoms with Crippen molar-refractivity contribution >= 4 is 49.5 Å². The van der Waals surface area contributed by atoms with E-state index < -0.39 is 0 Å². The largest absolute Gasteiger partial charge is 0.297 e. The van der Waals surface area contributed by atoms with Crippen molar-refractivity contribution in [3.05, 3.63) is 74.8 Å². The van der Waals surface area contributed by atoms with Gasteiger partial charge in [0.25, 0.3) is 0 Å². The van der Waals surface area contributed by atoms with Crippen molar-refractivity contribution < 1.29 is 0 Å². The van der Waals surface area contributed by atoms with E-state index in [0.717, 1.165) is 20.1 Å². The number of nitriles is 1. The Hall–Kier alpha value is -2.69. The van der Waals surface area contributed by atoms with Gasteiger partial charge in [0.15, 0.2) is 11.5 Å². The lowest BCUT2D eigenvalue weighted by Gasteiger charge is -2.01. The molecule has 0 bridgehead atoms. The lowest BCUT2D eigenvalue weighted by Crippen LogP contribution is -1.86. The molecule has 0 saturated heterocycles. The fourth-order valence-electron chi connectivity index (χ4n) is 2.66. The minimum absolute atomic E-state index is 0.477. The van der Waals surface area contributed by atoms with Crippen molar-refractivity contribution in [1.82, 2.24) is 14.6 Å². The van der Waals surface area contributed by atoms with Crippen LogP contribution in [0.3, 0.4) is 0 Å². The number of hydrogen-bond donors (Lipinski definition) is 1. The number of H-pyrrole nitrogens is 1. The van der Waals surface area contributed by atoms with Crippen LogP contribution in [0.15, 0.2) is 68.7 Å². The highest BCUT2D eigenvalue weighted by Crippen LogP contribution is 2.33. The maximum atomic E-state index is 9.30. The topological polar surface area (TPSA) is 69.2 Å². The number of halogens is 2. The highest BCUT2D eigenvalue weighted by molar-refractivity contribution is 9.10. The maximum Gasteiger partial charge on any atom is 0.180 e. The van der Waals surface area contributed by atoms with Gasteiger partial charge in [-0.3, -0.25) is 5.10 Å². The van der Waals surface area contributed by atoms with Crippen LogP contribution in [0.25, 0.3) is 16.9 Å². The number of rotatable bonds is 3. The molecule has 0 fully saturated rings. The zero-order chi connectivity index (χ0) is 18.1. The van der Waals surface area contributed by atoms with Crippen molar-refractivity contribution in [3.63, 3.8) is 0 Å². The SMILES string of the molecule is N#Cc1c[nH]n2c(/N=C/c3cccc(Br)c3)c(-c3cccc(Br)c3)nc12. The first-order chi connectivity index (χ1) is 12.7. The standard InChI is InChI=1S/C19H11Br2N5/c20-15-5-1-3-12(7-15)10-23-19-17(13-4-2-6-16(21)8-13)25-18-14(9-22)11-24-26(18)19/h1-8,10-11,24H/b23-10+. The summed E-state index contributed by atoms with van der Waals surface area (Å²) in [7, 11) is 0. The van der Waals surface area contributed by atoms with Crippen molar-refractivity contribution in [2.45, 2.75) is 0 Å². The summed E-state index contributed by atoms with van der Waals surface area (Å²) in [6.07, 6.45) is 3.41. The van der Waals surface area contributed by atoms with E-state index in [2.05, 4.69) is 53.0 Å². The monoisotopic (exact) mass is 467 g/mol. The third kappa shape index (κ3) is 3.09. The molecule has 126 valence electrons. The Morgan fingerprint density at radius 3 is 2.62 bits per heavy atom. The minimum Gasteiger partial charge on any atom is -0.297 e. The number of hydrogen-bond acceptors (Lipinski definition) is 3. The molecule has 2 aromatic heterocycles. The molecule has 0 spiro atoms. The van der Waals surface area contributed by atoms with Crippen molar-refractivity contribution in [2.24, 2.45) is 4.99 Å². The zero-order valence-electron chi connectivity index (χ0n) is 13.3. The predicted octanol–water partition coefficient (Wildman–Crippen LogP) is 5.48. The second-order valence-corrected chi connectivity index (χ2v) is 7.40. The van der Waals surface area contributed by atoms with Gasteiger partial charge in [-0.15, -0.1) is 0 Å². The van der Waals surface area contributed by atoms with Crippen LogP contribution < -0.4 is 0 Å². The van der Waals surface area contributed by atoms with E-state index in [9.17, 15) is 5.26 Å². The molecule has 0 radical (unpaired) electrons. The van der Waals surface area contributed by atoms with Gasteiger partial charge in [-0.1, -0.05) is 56.1 Å². The Bertz CT molecular complexity index is 1180. The predicted molar refractivity (Wildman–Crippen MR) is 109 cm³/mol. The highest BCUT2D eigenvalue weighted by Gasteiger charge is 2.17. The molecule has 0 aliphatic rings. The molecule has 4 rings (SSSR count). The molecular formula is C19H11Br2N5. The second-order valence-electron chi connectivity index (χ2n) is 5.57. The van der Waals surface area contributed by atoms with Gasteiger partial charge in [-0.05, 0) is 29.8 Å². The summed E-state index contributed by atoms with van der Waals surface area (Å²) in [5, 5.41) is 12.4. The average molecular weight is 469 g/mol. The van der Waals surface area contributed by atoms with Crippen molar-refractivity contribution in [2.75, 3.05) is 0 Å². The minimum atomic E-state index is 0.477. The molecule has 26 heavy (non-hydrogen) atoms. The quantitative estimate of drug-likeness (QED) is 0.404. The number of nitrogens with one attached hydrogen (secondary N) is 1. The van der Waals surface area contributed by atoms with E-state index in [1.165, 1.54) is 0 Å². The summed E-state index contributed by atoms with van der Waals surface area (Å²) in [5.41, 5.74) is 3.62. The molecule has 7 heteroatoms. The lowest BCUT2D eigenvalue weighted by atomic mass is 10.1. The first-order valence-electron chi connectivity index (χ1n) is 7.71. The second kappa shape index (κ2) is 6.90. The number of aromatic amines is 1. The molecule has 2 heterocycles. The lowest BCUT2D eigenvalue weighted by molar-refractivity contribution is 0.971. The maximum absolute atomic E-state index is 9.30. The Labute approximate surface area is 166 Å². The number of aromatic nitrogens is 3. The molecule has 1 N–H and O–H groups in total. The summed E-state index contributed by atoms with van der Waals surface area (Å²) in [5.74, 6) is 0.638. The van der Waals surface area contributed by atoms with E-state index in [1.807, 2.05) is 48.5 Å². The van der Waals surface area contributed by atoms with Crippen molar-refractivity contribution in [3.8, 4) is 17.3 Å². The summed E-state index contributed by atoms with van der Waals surface area (Å²) in [6, 6.07) is 17.9. The molecule has 0 amide bonds. The van der Waals surface area contributed by atoms with Gasteiger partial charge < -0.3 is 0 Å². The molecular weight excluding hydrogens is 458 g/mol. The van der Waals surface area contributed by atoms with Gasteiger partial charge in [0.2, 0.25) is 0 Å². The number of nitrogens with zero attached hydrogens (tertiary/aromatic N) is 4. The van der Waals surface area contributed by atoms with Crippen LogP contribution >= 0.6 is 31.9 Å². The number of imidazole rings is 1. The van der Waals surface area contributed by atoms with E-state index >= 15 is 0 Å². The van der Waals surface area contributed by atoms with E-state index in [1.54, 1.807) is 16.9 Å². The first-order valence-corrected chi connectivity index (χ1v) is 9.30. The molecule has 2 aromatic carbocycles. The summed E-state index contributed by atoms with van der Waals surface area (Å²) < 4.78 is 3.66. The van der Waals surface area contributed by atoms with E-state index in [0.29, 0.717) is 22.7 Å². The van der Waals surface area contributed by atoms with Gasteiger partial charge in [-0.25, -0.2) is 14.5 Å². The van der Waals surface area contributed by atoms with Crippen LogP contribution in [-0.4, -0.2) is 20.8 Å². The van der Waals surface area contributed by atoms with E-state index in [-0.39, 0.29) is 0 Å². The molecule has 0 saturated carbocycles. The Morgan fingerprint density at radius 2 is 1.88 bits per heavy atom. The molecule has 0 atom stereocenters. The summed E-state index contributed by atoms with van der Waals surface area (Å²) >= 11 is 6.96. The van der Waals surface area contributed by atoms with Gasteiger partial charge in [0.05, 0.1) is 0 Å². The fraction of sp³-hybridized carbons (Fsp3) is 0. The van der Waals surface area contributed by atoms with Crippen LogP contribution in [0, 0.1) is 11.3 Å². The van der Waals surface area contributed by atoms with Crippen LogP contribution in [0.5, 0.6) is 0 Å². The molecule has 0 aliphatic carbocycles. The van der Waals surface area contributed by atoms with Gasteiger partial charge in [0, 0.05) is 26.9 Å². The Morgan fingerprint density at radius 1 is 1.12 bits per heavy atom. The third-order valence-electron chi connectivity index (χ3n) is 3.84. The Kier molecular flexibility index (Phi) is 4.45. The Balaban J connectivity index is 1.90. The van der Waals surface area contributed by atoms with Crippen LogP contribution in [-0.2, 0) is 0 Å². The van der Waals surface area contributed by atoms with Crippen molar-refractivity contribution in [1.29, 1.82) is 5.26 Å². The van der Waals surface area contributed by atoms with E-state index in [4.69, 9.17) is 0 Å². The van der Waals surface area contributed by atoms with Gasteiger partial charge in [0.1, 0.15) is 17.3 Å². The summed E-state index contributed by atoms with van der Waals surface area (Å²) in [6.45, 7) is 0. The fourth-order valence-corrected chi connectivity index (χ4v) is 3.48. The highest BCUT2D eigenvalue weighted by atomic mass is 79.9. The van der Waals surface area contributed by atoms with Gasteiger partial charge in [-0.2, -0.15) is 5.26 Å². The number of fused-ring (bicyclic) bond motifs is 1. The van der Waals surface area contributed by atoms with Crippen LogP contribution in [0.2, 0.25) is 0 Å². The summed E-state index contributed by atoms with van der Waals surface area (Å²) in [4.78, 5) is 9.31. The molecule has 4 aromatic rings. The first kappa shape index (κ1) is 16.8. The molecule has 0 aliphatic heterocycles. The number of aliphatic imine (C=N–C) groups is 1. The van der Waals surface area contributed by atoms with Gasteiger partial charge >= 0.3 is 0 Å². The van der Waals surface area contributed by atoms with Crippen LogP contribution in [0.4, 0.5) is 5.82 Å². The third-order valence-corrected chi connectivity index (χ3v) is 4.82. The average Bonchev–Trinajstić information content (AvgIpc) is 3.19. The number of benzene rings is 2.